The summed E-state index contributed by atoms with van der Waals surface area (Å²) in [4.78, 5) is 27.4. The summed E-state index contributed by atoms with van der Waals surface area (Å²) in [6.45, 7) is 5.68. The van der Waals surface area contributed by atoms with Gasteiger partial charge in [-0.1, -0.05) is 0 Å². The number of hydrogen-bond acceptors (Lipinski definition) is 4. The van der Waals surface area contributed by atoms with Crippen LogP contribution in [0.1, 0.15) is 17.1 Å². The second kappa shape index (κ2) is 5.36. The second-order valence-electron chi connectivity index (χ2n) is 4.40. The van der Waals surface area contributed by atoms with E-state index in [-0.39, 0.29) is 17.9 Å². The molecule has 2 heterocycles. The molecule has 0 aliphatic carbocycles. The molecule has 0 saturated heterocycles. The molecule has 0 aliphatic rings. The fourth-order valence-electron chi connectivity index (χ4n) is 1.85. The van der Waals surface area contributed by atoms with Crippen LogP contribution in [-0.4, -0.2) is 15.5 Å². The van der Waals surface area contributed by atoms with Gasteiger partial charge in [-0.3, -0.25) is 9.59 Å². The maximum absolute atomic E-state index is 11.9. The fraction of sp³-hybridized carbons (Fsp3) is 0.308. The highest BCUT2D eigenvalue weighted by Gasteiger charge is 2.09. The number of pyridine rings is 1. The first-order valence-electron chi connectivity index (χ1n) is 5.86. The van der Waals surface area contributed by atoms with Crippen LogP contribution < -0.4 is 10.7 Å². The third-order valence-electron chi connectivity index (χ3n) is 2.72. The minimum atomic E-state index is -0.149. The van der Waals surface area contributed by atoms with Crippen molar-refractivity contribution in [3.63, 3.8) is 0 Å². The van der Waals surface area contributed by atoms with Crippen LogP contribution >= 0.6 is 11.3 Å². The van der Waals surface area contributed by atoms with E-state index >= 15 is 0 Å². The summed E-state index contributed by atoms with van der Waals surface area (Å²) in [6.07, 6.45) is 0. The summed E-state index contributed by atoms with van der Waals surface area (Å²) >= 11 is 1.40. The first-order valence-corrected chi connectivity index (χ1v) is 6.74. The average molecular weight is 277 g/mol. The number of thiazole rings is 1. The molecule has 0 bridgehead atoms. The van der Waals surface area contributed by atoms with Gasteiger partial charge in [0.25, 0.3) is 0 Å². The van der Waals surface area contributed by atoms with E-state index in [0.29, 0.717) is 5.13 Å². The van der Waals surface area contributed by atoms with Crippen molar-refractivity contribution in [2.45, 2.75) is 27.3 Å². The lowest BCUT2D eigenvalue weighted by molar-refractivity contribution is -0.116. The maximum Gasteiger partial charge on any atom is 0.246 e. The number of nitrogens with one attached hydrogen (secondary N) is 1. The normalized spacial score (nSPS) is 10.5. The summed E-state index contributed by atoms with van der Waals surface area (Å²) in [7, 11) is 0. The smallest absolute Gasteiger partial charge is 0.246 e. The number of aromatic nitrogens is 2. The summed E-state index contributed by atoms with van der Waals surface area (Å²) in [5.41, 5.74) is 2.39. The minimum absolute atomic E-state index is 0.0396. The number of hydrogen-bond donors (Lipinski definition) is 1. The molecule has 0 unspecified atom stereocenters. The molecule has 0 fully saturated rings. The van der Waals surface area contributed by atoms with Crippen molar-refractivity contribution in [2.75, 3.05) is 5.32 Å². The Labute approximate surface area is 114 Å². The third kappa shape index (κ3) is 3.29. The summed E-state index contributed by atoms with van der Waals surface area (Å²) < 4.78 is 1.80. The first-order chi connectivity index (χ1) is 8.95. The number of anilines is 1. The van der Waals surface area contributed by atoms with E-state index in [1.807, 2.05) is 26.2 Å². The van der Waals surface area contributed by atoms with E-state index in [9.17, 15) is 9.59 Å². The van der Waals surface area contributed by atoms with Crippen molar-refractivity contribution in [2.24, 2.45) is 0 Å². The van der Waals surface area contributed by atoms with E-state index in [1.165, 1.54) is 23.5 Å². The molecule has 100 valence electrons. The van der Waals surface area contributed by atoms with E-state index in [2.05, 4.69) is 10.3 Å². The molecule has 2 aromatic rings. The van der Waals surface area contributed by atoms with Crippen molar-refractivity contribution in [1.29, 1.82) is 0 Å². The van der Waals surface area contributed by atoms with Gasteiger partial charge in [-0.15, -0.1) is 11.3 Å². The highest BCUT2D eigenvalue weighted by Crippen LogP contribution is 2.14. The van der Waals surface area contributed by atoms with Crippen LogP contribution in [0.2, 0.25) is 0 Å². The van der Waals surface area contributed by atoms with Crippen LogP contribution in [0.5, 0.6) is 0 Å². The summed E-state index contributed by atoms with van der Waals surface area (Å²) in [5, 5.41) is 5.23. The van der Waals surface area contributed by atoms with Gasteiger partial charge < -0.3 is 9.88 Å². The van der Waals surface area contributed by atoms with Crippen molar-refractivity contribution in [3.05, 3.63) is 44.8 Å². The van der Waals surface area contributed by atoms with Gasteiger partial charge in [-0.2, -0.15) is 0 Å². The standard InChI is InChI=1S/C13H15N3O2S/c1-8-7-19-13(14-8)15-12(18)6-16-9(2)4-11(17)5-10(16)3/h4-5,7H,6H2,1-3H3,(H,14,15,18). The van der Waals surface area contributed by atoms with Gasteiger partial charge >= 0.3 is 0 Å². The Morgan fingerprint density at radius 2 is 1.95 bits per heavy atom. The van der Waals surface area contributed by atoms with E-state index < -0.39 is 0 Å². The lowest BCUT2D eigenvalue weighted by Gasteiger charge is -2.13. The number of aryl methyl sites for hydroxylation is 3. The second-order valence-corrected chi connectivity index (χ2v) is 5.26. The zero-order chi connectivity index (χ0) is 14.0. The van der Waals surface area contributed by atoms with Gasteiger partial charge in [0.1, 0.15) is 6.54 Å². The highest BCUT2D eigenvalue weighted by molar-refractivity contribution is 7.13. The van der Waals surface area contributed by atoms with E-state index in [1.54, 1.807) is 4.57 Å². The first kappa shape index (κ1) is 13.5. The molecule has 0 aliphatic heterocycles. The van der Waals surface area contributed by atoms with E-state index in [4.69, 9.17) is 0 Å². The topological polar surface area (TPSA) is 64.0 Å². The molecular weight excluding hydrogens is 262 g/mol. The number of rotatable bonds is 3. The Morgan fingerprint density at radius 1 is 1.32 bits per heavy atom. The van der Waals surface area contributed by atoms with Crippen molar-refractivity contribution < 1.29 is 4.79 Å². The Balaban J connectivity index is 2.13. The number of carbonyl (C=O) groups is 1. The summed E-state index contributed by atoms with van der Waals surface area (Å²) in [6, 6.07) is 3.04. The Bertz CT molecular complexity index is 647. The van der Waals surface area contributed by atoms with Gasteiger partial charge in [0.05, 0.1) is 5.69 Å². The van der Waals surface area contributed by atoms with Crippen LogP contribution in [0.15, 0.2) is 22.3 Å². The zero-order valence-electron chi connectivity index (χ0n) is 11.1. The van der Waals surface area contributed by atoms with Crippen LogP contribution in [0, 0.1) is 20.8 Å². The van der Waals surface area contributed by atoms with Gasteiger partial charge in [0.15, 0.2) is 10.6 Å². The van der Waals surface area contributed by atoms with Crippen LogP contribution in [0.4, 0.5) is 5.13 Å². The van der Waals surface area contributed by atoms with Crippen molar-refractivity contribution in [3.8, 4) is 0 Å². The van der Waals surface area contributed by atoms with Crippen LogP contribution in [0.3, 0.4) is 0 Å². The molecule has 1 N–H and O–H groups in total. The molecule has 2 rings (SSSR count). The Hall–Kier alpha value is -1.95. The molecule has 0 radical (unpaired) electrons. The lowest BCUT2D eigenvalue weighted by Crippen LogP contribution is -2.23. The molecule has 0 aromatic carbocycles. The molecule has 2 aromatic heterocycles. The minimum Gasteiger partial charge on any atom is -0.340 e. The predicted octanol–water partition coefficient (Wildman–Crippen LogP) is 1.87. The SMILES string of the molecule is Cc1csc(NC(=O)Cn2c(C)cc(=O)cc2C)n1. The van der Waals surface area contributed by atoms with Crippen LogP contribution in [-0.2, 0) is 11.3 Å². The van der Waals surface area contributed by atoms with Gasteiger partial charge in [0.2, 0.25) is 5.91 Å². The molecule has 5 nitrogen and oxygen atoms in total. The molecule has 6 heteroatoms. The predicted molar refractivity (Wildman–Crippen MR) is 75.7 cm³/mol. The maximum atomic E-state index is 11.9. The molecule has 0 saturated carbocycles. The molecule has 1 amide bonds. The molecular formula is C13H15N3O2S. The van der Waals surface area contributed by atoms with Gasteiger partial charge in [0, 0.05) is 28.9 Å². The van der Waals surface area contributed by atoms with Gasteiger partial charge in [-0.05, 0) is 20.8 Å². The number of carbonyl (C=O) groups excluding carboxylic acids is 1. The third-order valence-corrected chi connectivity index (χ3v) is 3.60. The summed E-state index contributed by atoms with van der Waals surface area (Å²) in [5.74, 6) is -0.149. The molecule has 0 spiro atoms. The van der Waals surface area contributed by atoms with Crippen molar-refractivity contribution in [1.82, 2.24) is 9.55 Å². The molecule has 19 heavy (non-hydrogen) atoms. The molecule has 0 atom stereocenters. The average Bonchev–Trinajstić information content (AvgIpc) is 2.69. The quantitative estimate of drug-likeness (QED) is 0.931. The Kier molecular flexibility index (Phi) is 3.80. The fourth-order valence-corrected chi connectivity index (χ4v) is 2.55. The highest BCUT2D eigenvalue weighted by atomic mass is 32.1. The Morgan fingerprint density at radius 3 is 2.47 bits per heavy atom. The van der Waals surface area contributed by atoms with Gasteiger partial charge in [-0.25, -0.2) is 4.98 Å². The largest absolute Gasteiger partial charge is 0.340 e. The monoisotopic (exact) mass is 277 g/mol. The van der Waals surface area contributed by atoms with E-state index in [0.717, 1.165) is 17.1 Å². The zero-order valence-corrected chi connectivity index (χ0v) is 11.9. The number of nitrogens with zero attached hydrogens (tertiary/aromatic N) is 2. The van der Waals surface area contributed by atoms with Crippen LogP contribution in [0.25, 0.3) is 0 Å². The lowest BCUT2D eigenvalue weighted by atomic mass is 10.3. The number of amides is 1. The van der Waals surface area contributed by atoms with Crippen molar-refractivity contribution >= 4 is 22.4 Å².